The van der Waals surface area contributed by atoms with Crippen LogP contribution in [0, 0.1) is 5.92 Å². The number of carboxylic acids is 1. The highest BCUT2D eigenvalue weighted by molar-refractivity contribution is 5.75. The molecule has 6 nitrogen and oxygen atoms in total. The SMILES string of the molecule is CN(C(=O)N1CCCC(CCC(=O)O)C1)C(C)(C)CO. The van der Waals surface area contributed by atoms with E-state index < -0.39 is 11.5 Å². The van der Waals surface area contributed by atoms with Gasteiger partial charge < -0.3 is 20.0 Å². The van der Waals surface area contributed by atoms with Gasteiger partial charge in [-0.3, -0.25) is 4.79 Å². The Labute approximate surface area is 120 Å². The minimum absolute atomic E-state index is 0.0917. The lowest BCUT2D eigenvalue weighted by atomic mass is 9.93. The Morgan fingerprint density at radius 3 is 2.60 bits per heavy atom. The van der Waals surface area contributed by atoms with E-state index in [1.165, 1.54) is 0 Å². The molecule has 1 aliphatic heterocycles. The number of nitrogens with zero attached hydrogens (tertiary/aromatic N) is 2. The molecule has 2 N–H and O–H groups in total. The highest BCUT2D eigenvalue weighted by atomic mass is 16.4. The molecule has 6 heteroatoms. The molecule has 0 aromatic rings. The second-order valence-electron chi connectivity index (χ2n) is 6.20. The van der Waals surface area contributed by atoms with Crippen molar-refractivity contribution in [2.45, 2.75) is 45.1 Å². The largest absolute Gasteiger partial charge is 0.481 e. The Bertz CT molecular complexity index is 357. The fourth-order valence-electron chi connectivity index (χ4n) is 2.38. The standard InChI is InChI=1S/C14H26N2O4/c1-14(2,10-17)15(3)13(20)16-8-4-5-11(9-16)6-7-12(18)19/h11,17H,4-10H2,1-3H3,(H,18,19). The number of amides is 2. The number of likely N-dealkylation sites (N-methyl/N-ethyl adjacent to an activating group) is 1. The van der Waals surface area contributed by atoms with Crippen LogP contribution in [0.1, 0.15) is 39.5 Å². The van der Waals surface area contributed by atoms with Crippen molar-refractivity contribution in [1.82, 2.24) is 9.80 Å². The lowest BCUT2D eigenvalue weighted by Gasteiger charge is -2.40. The van der Waals surface area contributed by atoms with Crippen LogP contribution in [0.15, 0.2) is 0 Å². The van der Waals surface area contributed by atoms with Crippen molar-refractivity contribution >= 4 is 12.0 Å². The number of aliphatic hydroxyl groups is 1. The molecular weight excluding hydrogens is 260 g/mol. The summed E-state index contributed by atoms with van der Waals surface area (Å²) in [5, 5.41) is 18.1. The van der Waals surface area contributed by atoms with E-state index in [2.05, 4.69) is 0 Å². The van der Waals surface area contributed by atoms with Crippen LogP contribution in [0.5, 0.6) is 0 Å². The molecule has 2 amide bonds. The summed E-state index contributed by atoms with van der Waals surface area (Å²) in [5.74, 6) is -0.526. The van der Waals surface area contributed by atoms with Gasteiger partial charge in [-0.1, -0.05) is 0 Å². The maximum atomic E-state index is 12.4. The number of hydrogen-bond acceptors (Lipinski definition) is 3. The summed E-state index contributed by atoms with van der Waals surface area (Å²) >= 11 is 0. The fourth-order valence-corrected chi connectivity index (χ4v) is 2.38. The average molecular weight is 286 g/mol. The van der Waals surface area contributed by atoms with Crippen LogP contribution in [-0.2, 0) is 4.79 Å². The zero-order chi connectivity index (χ0) is 15.3. The lowest BCUT2D eigenvalue weighted by Crippen LogP contribution is -2.54. The Kier molecular flexibility index (Phi) is 5.80. The van der Waals surface area contributed by atoms with Gasteiger partial charge in [-0.05, 0) is 39.0 Å². The average Bonchev–Trinajstić information content (AvgIpc) is 2.43. The molecule has 0 aromatic heterocycles. The van der Waals surface area contributed by atoms with Crippen molar-refractivity contribution in [2.75, 3.05) is 26.7 Å². The summed E-state index contributed by atoms with van der Waals surface area (Å²) in [5.41, 5.74) is -0.592. The second kappa shape index (κ2) is 6.92. The topological polar surface area (TPSA) is 81.1 Å². The Balaban J connectivity index is 2.58. The molecule has 116 valence electrons. The quantitative estimate of drug-likeness (QED) is 0.800. The molecule has 1 saturated heterocycles. The molecule has 1 rings (SSSR count). The zero-order valence-electron chi connectivity index (χ0n) is 12.6. The first-order chi connectivity index (χ1) is 9.27. The first-order valence-electron chi connectivity index (χ1n) is 7.13. The monoisotopic (exact) mass is 286 g/mol. The van der Waals surface area contributed by atoms with Crippen LogP contribution in [0.2, 0.25) is 0 Å². The van der Waals surface area contributed by atoms with E-state index in [1.807, 2.05) is 13.8 Å². The van der Waals surface area contributed by atoms with Gasteiger partial charge in [-0.2, -0.15) is 0 Å². The number of carbonyl (C=O) groups excluding carboxylic acids is 1. The minimum atomic E-state index is -0.785. The molecule has 0 aliphatic carbocycles. The van der Waals surface area contributed by atoms with Gasteiger partial charge in [0, 0.05) is 26.6 Å². The predicted molar refractivity (Wildman–Crippen MR) is 75.5 cm³/mol. The van der Waals surface area contributed by atoms with Gasteiger partial charge in [-0.25, -0.2) is 4.79 Å². The number of urea groups is 1. The van der Waals surface area contributed by atoms with Crippen molar-refractivity contribution in [2.24, 2.45) is 5.92 Å². The molecule has 0 saturated carbocycles. The van der Waals surface area contributed by atoms with Gasteiger partial charge in [-0.15, -0.1) is 0 Å². The van der Waals surface area contributed by atoms with E-state index in [9.17, 15) is 14.7 Å². The molecule has 1 heterocycles. The molecule has 20 heavy (non-hydrogen) atoms. The smallest absolute Gasteiger partial charge is 0.320 e. The highest BCUT2D eigenvalue weighted by Crippen LogP contribution is 2.23. The first kappa shape index (κ1) is 16.8. The predicted octanol–water partition coefficient (Wildman–Crippen LogP) is 1.39. The lowest BCUT2D eigenvalue weighted by molar-refractivity contribution is -0.137. The number of likely N-dealkylation sites (tertiary alicyclic amines) is 1. The third-order valence-electron chi connectivity index (χ3n) is 4.14. The molecule has 0 spiro atoms. The number of carbonyl (C=O) groups is 2. The Morgan fingerprint density at radius 1 is 1.40 bits per heavy atom. The number of carboxylic acid groups (broad SMARTS) is 1. The van der Waals surface area contributed by atoms with E-state index in [4.69, 9.17) is 5.11 Å². The van der Waals surface area contributed by atoms with Gasteiger partial charge in [0.1, 0.15) is 0 Å². The summed E-state index contributed by atoms with van der Waals surface area (Å²) in [4.78, 5) is 26.4. The second-order valence-corrected chi connectivity index (χ2v) is 6.20. The Hall–Kier alpha value is -1.30. The number of aliphatic carboxylic acids is 1. The van der Waals surface area contributed by atoms with E-state index in [0.717, 1.165) is 12.8 Å². The van der Waals surface area contributed by atoms with Crippen molar-refractivity contribution < 1.29 is 19.8 Å². The van der Waals surface area contributed by atoms with Crippen LogP contribution in [0.4, 0.5) is 4.79 Å². The summed E-state index contributed by atoms with van der Waals surface area (Å²) in [7, 11) is 1.69. The van der Waals surface area contributed by atoms with Gasteiger partial charge in [0.05, 0.1) is 12.1 Å². The van der Waals surface area contributed by atoms with Crippen LogP contribution in [0.25, 0.3) is 0 Å². The molecule has 0 radical (unpaired) electrons. The highest BCUT2D eigenvalue weighted by Gasteiger charge is 2.32. The zero-order valence-corrected chi connectivity index (χ0v) is 12.6. The molecule has 1 atom stereocenters. The van der Waals surface area contributed by atoms with E-state index >= 15 is 0 Å². The van der Waals surface area contributed by atoms with E-state index in [1.54, 1.807) is 16.8 Å². The summed E-state index contributed by atoms with van der Waals surface area (Å²) in [6.07, 6.45) is 2.66. The molecular formula is C14H26N2O4. The molecule has 1 aliphatic rings. The number of rotatable bonds is 5. The molecule has 0 bridgehead atoms. The number of aliphatic hydroxyl groups excluding tert-OH is 1. The number of piperidine rings is 1. The Morgan fingerprint density at radius 2 is 2.05 bits per heavy atom. The fraction of sp³-hybridized carbons (Fsp3) is 0.857. The third kappa shape index (κ3) is 4.37. The van der Waals surface area contributed by atoms with Gasteiger partial charge >= 0.3 is 12.0 Å². The van der Waals surface area contributed by atoms with E-state index in [0.29, 0.717) is 19.5 Å². The first-order valence-corrected chi connectivity index (χ1v) is 7.13. The molecule has 1 fully saturated rings. The maximum Gasteiger partial charge on any atom is 0.320 e. The summed E-state index contributed by atoms with van der Waals surface area (Å²) in [6, 6.07) is -0.0934. The summed E-state index contributed by atoms with van der Waals surface area (Å²) < 4.78 is 0. The van der Waals surface area contributed by atoms with Crippen molar-refractivity contribution in [3.05, 3.63) is 0 Å². The third-order valence-corrected chi connectivity index (χ3v) is 4.14. The van der Waals surface area contributed by atoms with E-state index in [-0.39, 0.29) is 25.0 Å². The minimum Gasteiger partial charge on any atom is -0.481 e. The number of hydrogen-bond donors (Lipinski definition) is 2. The molecule has 0 aromatic carbocycles. The van der Waals surface area contributed by atoms with Gasteiger partial charge in [0.15, 0.2) is 0 Å². The normalized spacial score (nSPS) is 19.8. The van der Waals surface area contributed by atoms with Gasteiger partial charge in [0.25, 0.3) is 0 Å². The molecule has 1 unspecified atom stereocenters. The van der Waals surface area contributed by atoms with Crippen molar-refractivity contribution in [3.8, 4) is 0 Å². The summed E-state index contributed by atoms with van der Waals surface area (Å²) in [6.45, 7) is 4.85. The van der Waals surface area contributed by atoms with Crippen LogP contribution in [-0.4, -0.2) is 64.3 Å². The van der Waals surface area contributed by atoms with Gasteiger partial charge in [0.2, 0.25) is 0 Å². The van der Waals surface area contributed by atoms with Crippen molar-refractivity contribution in [3.63, 3.8) is 0 Å². The van der Waals surface area contributed by atoms with Crippen LogP contribution >= 0.6 is 0 Å². The van der Waals surface area contributed by atoms with Crippen molar-refractivity contribution in [1.29, 1.82) is 0 Å². The van der Waals surface area contributed by atoms with Crippen LogP contribution < -0.4 is 0 Å². The maximum absolute atomic E-state index is 12.4. The van der Waals surface area contributed by atoms with Crippen LogP contribution in [0.3, 0.4) is 0 Å².